The van der Waals surface area contributed by atoms with Gasteiger partial charge in [-0.2, -0.15) is 0 Å². The molecule has 4 heterocycles. The molecule has 0 bridgehead atoms. The predicted molar refractivity (Wildman–Crippen MR) is 126 cm³/mol. The van der Waals surface area contributed by atoms with E-state index in [1.54, 1.807) is 22.5 Å². The van der Waals surface area contributed by atoms with Crippen LogP contribution in [0.15, 0.2) is 34.9 Å². The molecule has 0 aromatic carbocycles. The molecule has 2 aliphatic rings. The van der Waals surface area contributed by atoms with Gasteiger partial charge >= 0.3 is 0 Å². The minimum Gasteiger partial charge on any atom is -0.467 e. The van der Waals surface area contributed by atoms with Crippen LogP contribution in [0.3, 0.4) is 0 Å². The predicted octanol–water partition coefficient (Wildman–Crippen LogP) is 4.97. The molecule has 0 unspecified atom stereocenters. The number of aryl methyl sites for hydroxylation is 1. The van der Waals surface area contributed by atoms with E-state index in [2.05, 4.69) is 29.8 Å². The van der Waals surface area contributed by atoms with E-state index in [0.717, 1.165) is 42.3 Å². The average molecular weight is 454 g/mol. The number of hydrogen-bond acceptors (Lipinski definition) is 4. The van der Waals surface area contributed by atoms with Crippen molar-refractivity contribution in [2.45, 2.75) is 77.5 Å². The van der Waals surface area contributed by atoms with Gasteiger partial charge in [0.05, 0.1) is 29.6 Å². The zero-order chi connectivity index (χ0) is 22.5. The lowest BCUT2D eigenvalue weighted by Gasteiger charge is -2.44. The number of carbonyl (C=O) groups excluding carboxylic acids is 2. The smallest absolute Gasteiger partial charge is 0.271 e. The summed E-state index contributed by atoms with van der Waals surface area (Å²) in [7, 11) is 0. The lowest BCUT2D eigenvalue weighted by Crippen LogP contribution is -2.64. The van der Waals surface area contributed by atoms with E-state index in [1.807, 2.05) is 25.1 Å². The van der Waals surface area contributed by atoms with Crippen molar-refractivity contribution in [3.05, 3.63) is 46.9 Å². The van der Waals surface area contributed by atoms with Gasteiger partial charge in [0.1, 0.15) is 17.0 Å². The fourth-order valence-corrected chi connectivity index (χ4v) is 6.16. The largest absolute Gasteiger partial charge is 0.467 e. The number of furan rings is 1. The van der Waals surface area contributed by atoms with Crippen molar-refractivity contribution in [1.82, 2.24) is 14.8 Å². The lowest BCUT2D eigenvalue weighted by molar-refractivity contribution is -0.134. The van der Waals surface area contributed by atoms with Crippen molar-refractivity contribution in [3.8, 4) is 0 Å². The zero-order valence-electron chi connectivity index (χ0n) is 19.0. The van der Waals surface area contributed by atoms with Gasteiger partial charge in [-0.3, -0.25) is 9.59 Å². The Morgan fingerprint density at radius 1 is 1.28 bits per heavy atom. The molecule has 1 fully saturated rings. The van der Waals surface area contributed by atoms with Gasteiger partial charge in [0.15, 0.2) is 0 Å². The van der Waals surface area contributed by atoms with Gasteiger partial charge in [-0.25, -0.2) is 0 Å². The van der Waals surface area contributed by atoms with E-state index in [1.165, 1.54) is 4.88 Å². The second-order valence-corrected chi connectivity index (χ2v) is 10.8. The van der Waals surface area contributed by atoms with Crippen molar-refractivity contribution in [2.24, 2.45) is 5.92 Å². The van der Waals surface area contributed by atoms with Gasteiger partial charge in [0.2, 0.25) is 5.91 Å². The summed E-state index contributed by atoms with van der Waals surface area (Å²) in [4.78, 5) is 30.4. The summed E-state index contributed by atoms with van der Waals surface area (Å²) in [5, 5.41) is 3.29. The molecule has 7 heteroatoms. The summed E-state index contributed by atoms with van der Waals surface area (Å²) in [5.74, 6) is 1.20. The third kappa shape index (κ3) is 3.56. The molecule has 1 aliphatic carbocycles. The first kappa shape index (κ1) is 21.3. The molecule has 0 radical (unpaired) electrons. The first-order chi connectivity index (χ1) is 15.4. The first-order valence-corrected chi connectivity index (χ1v) is 12.5. The van der Waals surface area contributed by atoms with Gasteiger partial charge in [0.25, 0.3) is 5.91 Å². The van der Waals surface area contributed by atoms with Crippen LogP contribution in [-0.2, 0) is 24.3 Å². The number of nitrogens with one attached hydrogen (secondary N) is 1. The van der Waals surface area contributed by atoms with E-state index in [4.69, 9.17) is 4.42 Å². The van der Waals surface area contributed by atoms with Crippen molar-refractivity contribution in [3.63, 3.8) is 0 Å². The van der Waals surface area contributed by atoms with Gasteiger partial charge < -0.3 is 19.2 Å². The highest BCUT2D eigenvalue weighted by Gasteiger charge is 2.48. The molecule has 3 aromatic rings. The minimum absolute atomic E-state index is 0.0737. The Morgan fingerprint density at radius 3 is 2.75 bits per heavy atom. The molecule has 2 amide bonds. The van der Waals surface area contributed by atoms with Crippen LogP contribution in [0.1, 0.15) is 67.6 Å². The second kappa shape index (κ2) is 8.10. The van der Waals surface area contributed by atoms with Crippen LogP contribution in [0.25, 0.3) is 10.2 Å². The molecule has 1 atom stereocenters. The number of hydrogen-bond donors (Lipinski definition) is 1. The lowest BCUT2D eigenvalue weighted by atomic mass is 9.86. The Hall–Kier alpha value is -2.54. The highest BCUT2D eigenvalue weighted by atomic mass is 32.1. The third-order valence-corrected chi connectivity index (χ3v) is 8.46. The Bertz CT molecular complexity index is 1140. The minimum atomic E-state index is -1.000. The third-order valence-electron chi connectivity index (χ3n) is 7.25. The Kier molecular flexibility index (Phi) is 5.40. The summed E-state index contributed by atoms with van der Waals surface area (Å²) in [6.07, 6.45) is 6.83. The fraction of sp³-hybridized carbons (Fsp3) is 0.520. The Labute approximate surface area is 192 Å². The summed E-state index contributed by atoms with van der Waals surface area (Å²) >= 11 is 1.73. The van der Waals surface area contributed by atoms with Gasteiger partial charge in [-0.1, -0.05) is 13.8 Å². The number of nitrogens with zero attached hydrogens (tertiary/aromatic N) is 2. The van der Waals surface area contributed by atoms with Crippen LogP contribution >= 0.6 is 11.3 Å². The van der Waals surface area contributed by atoms with Crippen LogP contribution in [0.5, 0.6) is 0 Å². The number of aromatic nitrogens is 1. The number of rotatable bonds is 5. The highest BCUT2D eigenvalue weighted by molar-refractivity contribution is 7.19. The normalized spacial score (nSPS) is 25.8. The molecule has 32 heavy (non-hydrogen) atoms. The number of thiophene rings is 1. The van der Waals surface area contributed by atoms with Crippen LogP contribution in [0.2, 0.25) is 0 Å². The summed E-state index contributed by atoms with van der Waals surface area (Å²) in [5.41, 5.74) is 0.704. The summed E-state index contributed by atoms with van der Waals surface area (Å²) < 4.78 is 8.71. The number of amides is 2. The molecule has 1 N–H and O–H groups in total. The molecule has 0 saturated heterocycles. The first-order valence-electron chi connectivity index (χ1n) is 11.7. The van der Waals surface area contributed by atoms with Crippen molar-refractivity contribution >= 4 is 33.4 Å². The van der Waals surface area contributed by atoms with E-state index in [0.29, 0.717) is 23.9 Å². The van der Waals surface area contributed by atoms with Crippen LogP contribution in [0.4, 0.5) is 0 Å². The van der Waals surface area contributed by atoms with Crippen molar-refractivity contribution in [1.29, 1.82) is 0 Å². The Morgan fingerprint density at radius 2 is 2.06 bits per heavy atom. The van der Waals surface area contributed by atoms with E-state index >= 15 is 0 Å². The zero-order valence-corrected chi connectivity index (χ0v) is 19.8. The van der Waals surface area contributed by atoms with Crippen LogP contribution in [-0.4, -0.2) is 32.9 Å². The van der Waals surface area contributed by atoms with Gasteiger partial charge in [0, 0.05) is 10.9 Å². The SMILES string of the molecule is CCc1cc2c(cc3n2C[C@@](C)(C(=O)NC2CCC(C)CC2)N(Cc2ccco2)C3=O)s1. The average Bonchev–Trinajstić information content (AvgIpc) is 3.50. The maximum atomic E-state index is 13.7. The summed E-state index contributed by atoms with van der Waals surface area (Å²) in [6.45, 7) is 7.02. The van der Waals surface area contributed by atoms with E-state index in [9.17, 15) is 9.59 Å². The molecule has 6 nitrogen and oxygen atoms in total. The quantitative estimate of drug-likeness (QED) is 0.593. The van der Waals surface area contributed by atoms with Gasteiger partial charge in [-0.05, 0) is 69.2 Å². The van der Waals surface area contributed by atoms with Crippen molar-refractivity contribution < 1.29 is 14.0 Å². The Balaban J connectivity index is 1.51. The van der Waals surface area contributed by atoms with Gasteiger partial charge in [-0.15, -0.1) is 11.3 Å². The van der Waals surface area contributed by atoms with Crippen LogP contribution < -0.4 is 5.32 Å². The molecule has 0 spiro atoms. The fourth-order valence-electron chi connectivity index (χ4n) is 5.11. The maximum Gasteiger partial charge on any atom is 0.271 e. The molecular formula is C25H31N3O3S. The summed E-state index contributed by atoms with van der Waals surface area (Å²) in [6, 6.07) is 8.00. The number of fused-ring (bicyclic) bond motifs is 3. The standard InChI is InChI=1S/C25H31N3O3S/c1-4-19-12-20-22(32-19)13-21-23(29)28(14-18-6-5-11-31-18)25(3,15-27(20)21)24(30)26-17-9-7-16(2)8-10-17/h5-6,11-13,16-17H,4,7-10,14-15H2,1-3H3,(H,26,30)/t16?,17?,25-/m0/s1. The molecule has 1 saturated carbocycles. The molecule has 3 aromatic heterocycles. The molecule has 5 rings (SSSR count). The maximum absolute atomic E-state index is 13.7. The van der Waals surface area contributed by atoms with Crippen LogP contribution in [0, 0.1) is 5.92 Å². The van der Waals surface area contributed by atoms with E-state index < -0.39 is 5.54 Å². The van der Waals surface area contributed by atoms with Crippen molar-refractivity contribution in [2.75, 3.05) is 0 Å². The number of carbonyl (C=O) groups is 2. The monoisotopic (exact) mass is 453 g/mol. The molecule has 1 aliphatic heterocycles. The van der Waals surface area contributed by atoms with E-state index in [-0.39, 0.29) is 24.4 Å². The molecule has 170 valence electrons. The highest BCUT2D eigenvalue weighted by Crippen LogP contribution is 2.37. The topological polar surface area (TPSA) is 67.5 Å². The molecular weight excluding hydrogens is 422 g/mol. The second-order valence-electron chi connectivity index (χ2n) is 9.61.